The summed E-state index contributed by atoms with van der Waals surface area (Å²) in [5.74, 6) is 1.72. The van der Waals surface area contributed by atoms with E-state index in [-0.39, 0.29) is 0 Å². The van der Waals surface area contributed by atoms with Gasteiger partial charge < -0.3 is 10.2 Å². The minimum absolute atomic E-state index is 0.440. The Morgan fingerprint density at radius 2 is 1.89 bits per heavy atom. The normalized spacial score (nSPS) is 21.3. The number of nitrogens with zero attached hydrogens (tertiary/aromatic N) is 1. The van der Waals surface area contributed by atoms with E-state index >= 15 is 0 Å². The van der Waals surface area contributed by atoms with Crippen LogP contribution in [0.4, 0.5) is 0 Å². The highest BCUT2D eigenvalue weighted by molar-refractivity contribution is 4.85. The van der Waals surface area contributed by atoms with Crippen LogP contribution in [0.25, 0.3) is 0 Å². The van der Waals surface area contributed by atoms with Gasteiger partial charge in [-0.15, -0.1) is 0 Å². The van der Waals surface area contributed by atoms with E-state index < -0.39 is 0 Å². The van der Waals surface area contributed by atoms with Crippen LogP contribution in [0.15, 0.2) is 0 Å². The van der Waals surface area contributed by atoms with Crippen LogP contribution in [0.3, 0.4) is 0 Å². The van der Waals surface area contributed by atoms with Gasteiger partial charge in [0.05, 0.1) is 0 Å². The fourth-order valence-corrected chi connectivity index (χ4v) is 3.44. The van der Waals surface area contributed by atoms with Crippen LogP contribution in [-0.4, -0.2) is 37.6 Å². The molecule has 0 aliphatic carbocycles. The summed E-state index contributed by atoms with van der Waals surface area (Å²) in [7, 11) is 0. The van der Waals surface area contributed by atoms with Crippen molar-refractivity contribution in [1.29, 1.82) is 0 Å². The molecule has 1 aliphatic rings. The monoisotopic (exact) mass is 268 g/mol. The van der Waals surface area contributed by atoms with Crippen molar-refractivity contribution in [2.45, 2.75) is 60.3 Å². The molecule has 0 amide bonds. The van der Waals surface area contributed by atoms with Crippen molar-refractivity contribution >= 4 is 0 Å². The number of nitrogens with one attached hydrogen (secondary N) is 1. The first-order valence-electron chi connectivity index (χ1n) is 8.46. The minimum atomic E-state index is 0.440. The average Bonchev–Trinajstić information content (AvgIpc) is 2.44. The molecule has 0 aromatic heterocycles. The van der Waals surface area contributed by atoms with E-state index in [4.69, 9.17) is 0 Å². The molecule has 0 radical (unpaired) electrons. The number of hydrogen-bond donors (Lipinski definition) is 1. The van der Waals surface area contributed by atoms with Crippen molar-refractivity contribution in [3.05, 3.63) is 0 Å². The molecule has 1 heterocycles. The lowest BCUT2D eigenvalue weighted by atomic mass is 9.74. The SMILES string of the molecule is CCC(CC)CN(CC)CC(C)(C)C1CCCNC1. The third-order valence-corrected chi connectivity index (χ3v) is 5.15. The first kappa shape index (κ1) is 17.0. The molecule has 114 valence electrons. The summed E-state index contributed by atoms with van der Waals surface area (Å²) < 4.78 is 0. The number of rotatable bonds is 8. The molecule has 1 saturated heterocycles. The van der Waals surface area contributed by atoms with E-state index in [1.54, 1.807) is 0 Å². The highest BCUT2D eigenvalue weighted by Gasteiger charge is 2.32. The molecular formula is C17H36N2. The number of hydrogen-bond acceptors (Lipinski definition) is 2. The summed E-state index contributed by atoms with van der Waals surface area (Å²) in [4.78, 5) is 2.69. The van der Waals surface area contributed by atoms with Gasteiger partial charge >= 0.3 is 0 Å². The summed E-state index contributed by atoms with van der Waals surface area (Å²) in [5, 5.41) is 3.58. The maximum Gasteiger partial charge on any atom is 0.00358 e. The standard InChI is InChI=1S/C17H36N2/c1-6-15(7-2)13-19(8-3)14-17(4,5)16-10-9-11-18-12-16/h15-16,18H,6-14H2,1-5H3. The van der Waals surface area contributed by atoms with Crippen molar-refractivity contribution in [1.82, 2.24) is 10.2 Å². The van der Waals surface area contributed by atoms with E-state index in [0.29, 0.717) is 5.41 Å². The topological polar surface area (TPSA) is 15.3 Å². The van der Waals surface area contributed by atoms with Crippen molar-refractivity contribution in [2.75, 3.05) is 32.7 Å². The van der Waals surface area contributed by atoms with Crippen molar-refractivity contribution in [3.8, 4) is 0 Å². The van der Waals surface area contributed by atoms with Gasteiger partial charge in [-0.1, -0.05) is 47.5 Å². The third-order valence-electron chi connectivity index (χ3n) is 5.15. The largest absolute Gasteiger partial charge is 0.316 e. The minimum Gasteiger partial charge on any atom is -0.316 e. The van der Waals surface area contributed by atoms with Crippen LogP contribution in [0.2, 0.25) is 0 Å². The smallest absolute Gasteiger partial charge is 0.00358 e. The predicted octanol–water partition coefficient (Wildman–Crippen LogP) is 3.77. The maximum absolute atomic E-state index is 3.58. The Kier molecular flexibility index (Phi) is 7.38. The second-order valence-electron chi connectivity index (χ2n) is 7.04. The molecule has 1 atom stereocenters. The van der Waals surface area contributed by atoms with Gasteiger partial charge in [0.25, 0.3) is 0 Å². The van der Waals surface area contributed by atoms with Crippen LogP contribution in [0.1, 0.15) is 60.3 Å². The van der Waals surface area contributed by atoms with E-state index in [0.717, 1.165) is 11.8 Å². The molecule has 1 rings (SSSR count). The first-order valence-corrected chi connectivity index (χ1v) is 8.46. The van der Waals surface area contributed by atoms with Crippen LogP contribution in [-0.2, 0) is 0 Å². The second-order valence-corrected chi connectivity index (χ2v) is 7.04. The lowest BCUT2D eigenvalue weighted by molar-refractivity contribution is 0.0923. The van der Waals surface area contributed by atoms with Gasteiger partial charge in [-0.05, 0) is 49.7 Å². The molecule has 0 bridgehead atoms. The summed E-state index contributed by atoms with van der Waals surface area (Å²) in [6, 6.07) is 0. The molecular weight excluding hydrogens is 232 g/mol. The zero-order valence-electron chi connectivity index (χ0n) is 14.0. The Balaban J connectivity index is 2.52. The molecule has 1 N–H and O–H groups in total. The molecule has 1 aliphatic heterocycles. The summed E-state index contributed by atoms with van der Waals surface area (Å²) in [6.07, 6.45) is 5.39. The van der Waals surface area contributed by atoms with Crippen LogP contribution in [0, 0.1) is 17.3 Å². The quantitative estimate of drug-likeness (QED) is 0.721. The molecule has 0 aromatic carbocycles. The van der Waals surface area contributed by atoms with Crippen LogP contribution >= 0.6 is 0 Å². The Labute approximate surface area is 121 Å². The Morgan fingerprint density at radius 1 is 1.21 bits per heavy atom. The lowest BCUT2D eigenvalue weighted by Crippen LogP contribution is -2.45. The predicted molar refractivity (Wildman–Crippen MR) is 85.6 cm³/mol. The van der Waals surface area contributed by atoms with Gasteiger partial charge in [0, 0.05) is 13.1 Å². The molecule has 0 aromatic rings. The van der Waals surface area contributed by atoms with Gasteiger partial charge in [-0.25, -0.2) is 0 Å². The van der Waals surface area contributed by atoms with Gasteiger partial charge in [-0.3, -0.25) is 0 Å². The average molecular weight is 268 g/mol. The van der Waals surface area contributed by atoms with E-state index in [1.165, 1.54) is 58.4 Å². The summed E-state index contributed by atoms with van der Waals surface area (Å²) >= 11 is 0. The lowest BCUT2D eigenvalue weighted by Gasteiger charge is -2.41. The number of piperidine rings is 1. The molecule has 2 heteroatoms. The van der Waals surface area contributed by atoms with E-state index in [9.17, 15) is 0 Å². The summed E-state index contributed by atoms with van der Waals surface area (Å²) in [5.41, 5.74) is 0.440. The molecule has 0 saturated carbocycles. The molecule has 0 spiro atoms. The first-order chi connectivity index (χ1) is 9.03. The molecule has 2 nitrogen and oxygen atoms in total. The maximum atomic E-state index is 3.58. The van der Waals surface area contributed by atoms with Crippen LogP contribution in [0.5, 0.6) is 0 Å². The Hall–Kier alpha value is -0.0800. The van der Waals surface area contributed by atoms with E-state index in [2.05, 4.69) is 44.8 Å². The third kappa shape index (κ3) is 5.43. The van der Waals surface area contributed by atoms with Gasteiger partial charge in [0.2, 0.25) is 0 Å². The van der Waals surface area contributed by atoms with Crippen LogP contribution < -0.4 is 5.32 Å². The molecule has 1 fully saturated rings. The zero-order chi connectivity index (χ0) is 14.3. The Morgan fingerprint density at radius 3 is 2.37 bits per heavy atom. The zero-order valence-corrected chi connectivity index (χ0v) is 14.0. The van der Waals surface area contributed by atoms with Crippen molar-refractivity contribution in [2.24, 2.45) is 17.3 Å². The molecule has 1 unspecified atom stereocenters. The van der Waals surface area contributed by atoms with E-state index in [1.807, 2.05) is 0 Å². The highest BCUT2D eigenvalue weighted by atomic mass is 15.1. The summed E-state index contributed by atoms with van der Waals surface area (Å²) in [6.45, 7) is 18.1. The Bertz CT molecular complexity index is 227. The highest BCUT2D eigenvalue weighted by Crippen LogP contribution is 2.32. The molecule has 19 heavy (non-hydrogen) atoms. The second kappa shape index (κ2) is 8.26. The van der Waals surface area contributed by atoms with Gasteiger partial charge in [-0.2, -0.15) is 0 Å². The van der Waals surface area contributed by atoms with Crippen molar-refractivity contribution < 1.29 is 0 Å². The van der Waals surface area contributed by atoms with Gasteiger partial charge in [0.1, 0.15) is 0 Å². The van der Waals surface area contributed by atoms with Gasteiger partial charge in [0.15, 0.2) is 0 Å². The van der Waals surface area contributed by atoms with Crippen molar-refractivity contribution in [3.63, 3.8) is 0 Å². The fourth-order valence-electron chi connectivity index (χ4n) is 3.44. The fraction of sp³-hybridized carbons (Fsp3) is 1.00.